The van der Waals surface area contributed by atoms with Crippen molar-refractivity contribution in [2.45, 2.75) is 51.7 Å². The fraction of sp³-hybridized carbons (Fsp3) is 0.357. The van der Waals surface area contributed by atoms with Gasteiger partial charge in [0, 0.05) is 34.8 Å². The highest BCUT2D eigenvalue weighted by Gasteiger charge is 2.28. The number of hydrogen-bond acceptors (Lipinski definition) is 2. The summed E-state index contributed by atoms with van der Waals surface area (Å²) in [7, 11) is 0. The molecule has 1 heterocycles. The van der Waals surface area contributed by atoms with E-state index in [-0.39, 0.29) is 35.5 Å². The second-order valence-electron chi connectivity index (χ2n) is 8.68. The first-order chi connectivity index (χ1) is 16.8. The Hall–Kier alpha value is -2.77. The number of ether oxygens (including phenoxy) is 2. The number of hydrogen-bond donors (Lipinski definition) is 0. The van der Waals surface area contributed by atoms with Gasteiger partial charge in [-0.15, -0.1) is 0 Å². The van der Waals surface area contributed by atoms with Crippen molar-refractivity contribution in [1.29, 1.82) is 0 Å². The smallest absolute Gasteiger partial charge is 0.167 e. The summed E-state index contributed by atoms with van der Waals surface area (Å²) < 4.78 is 85.6. The van der Waals surface area contributed by atoms with E-state index < -0.39 is 40.2 Å². The van der Waals surface area contributed by atoms with Crippen LogP contribution < -0.4 is 0 Å². The van der Waals surface area contributed by atoms with E-state index in [2.05, 4.69) is 0 Å². The molecule has 2 atom stereocenters. The first-order valence-corrected chi connectivity index (χ1v) is 11.8. The van der Waals surface area contributed by atoms with Crippen LogP contribution in [0.5, 0.6) is 0 Å². The average molecular weight is 491 g/mol. The number of aryl methyl sites for hydroxylation is 1. The summed E-state index contributed by atoms with van der Waals surface area (Å²) in [5, 5.41) is 0. The summed E-state index contributed by atoms with van der Waals surface area (Å²) in [6.07, 6.45) is 2.19. The molecule has 0 radical (unpaired) electrons. The van der Waals surface area contributed by atoms with Crippen LogP contribution in [0.25, 0.3) is 22.3 Å². The molecular weight excluding hydrogens is 463 g/mol. The topological polar surface area (TPSA) is 18.5 Å². The maximum atomic E-state index is 15.0. The number of benzene rings is 3. The van der Waals surface area contributed by atoms with Crippen LogP contribution in [0.3, 0.4) is 0 Å². The third-order valence-corrected chi connectivity index (χ3v) is 6.37. The van der Waals surface area contributed by atoms with Crippen molar-refractivity contribution >= 4 is 0 Å². The molecule has 1 fully saturated rings. The zero-order chi connectivity index (χ0) is 25.1. The summed E-state index contributed by atoms with van der Waals surface area (Å²) >= 11 is 0. The molecule has 2 unspecified atom stereocenters. The zero-order valence-electron chi connectivity index (χ0n) is 19.6. The van der Waals surface area contributed by atoms with Gasteiger partial charge in [-0.2, -0.15) is 0 Å². The van der Waals surface area contributed by atoms with Crippen LogP contribution in [0.4, 0.5) is 22.0 Å². The summed E-state index contributed by atoms with van der Waals surface area (Å²) in [4.78, 5) is 0. The predicted molar refractivity (Wildman–Crippen MR) is 124 cm³/mol. The van der Waals surface area contributed by atoms with Crippen LogP contribution in [0.2, 0.25) is 0 Å². The van der Waals surface area contributed by atoms with E-state index in [1.807, 2.05) is 13.8 Å². The van der Waals surface area contributed by atoms with Gasteiger partial charge in [-0.3, -0.25) is 0 Å². The van der Waals surface area contributed by atoms with Crippen LogP contribution in [-0.2, 0) is 15.9 Å². The zero-order valence-corrected chi connectivity index (χ0v) is 19.6. The van der Waals surface area contributed by atoms with E-state index >= 15 is 8.78 Å². The van der Waals surface area contributed by atoms with Crippen LogP contribution in [0.1, 0.15) is 50.2 Å². The average Bonchev–Trinajstić information content (AvgIpc) is 2.85. The maximum Gasteiger partial charge on any atom is 0.167 e. The van der Waals surface area contributed by atoms with Gasteiger partial charge in [0.1, 0.15) is 5.82 Å². The summed E-state index contributed by atoms with van der Waals surface area (Å²) in [6.45, 7) is 4.46. The summed E-state index contributed by atoms with van der Waals surface area (Å²) in [5.41, 5.74) is -0.357. The normalized spacial score (nSPS) is 18.1. The van der Waals surface area contributed by atoms with Crippen LogP contribution in [0, 0.1) is 29.1 Å². The highest BCUT2D eigenvalue weighted by atomic mass is 19.2. The molecule has 0 aliphatic carbocycles. The van der Waals surface area contributed by atoms with Gasteiger partial charge in [-0.1, -0.05) is 49.7 Å². The lowest BCUT2D eigenvalue weighted by molar-refractivity contribution is -0.164. The van der Waals surface area contributed by atoms with Gasteiger partial charge < -0.3 is 9.47 Å². The fourth-order valence-electron chi connectivity index (χ4n) is 4.56. The Morgan fingerprint density at radius 1 is 0.771 bits per heavy atom. The molecule has 0 N–H and O–H groups in total. The molecule has 186 valence electrons. The Kier molecular flexibility index (Phi) is 7.87. The van der Waals surface area contributed by atoms with Gasteiger partial charge in [0.05, 0.1) is 6.61 Å². The van der Waals surface area contributed by atoms with Crippen molar-refractivity contribution in [3.8, 4) is 22.3 Å². The highest BCUT2D eigenvalue weighted by Crippen LogP contribution is 2.37. The lowest BCUT2D eigenvalue weighted by atomic mass is 9.90. The number of rotatable bonds is 7. The number of halogens is 5. The molecule has 1 saturated heterocycles. The molecule has 1 aliphatic heterocycles. The van der Waals surface area contributed by atoms with Crippen molar-refractivity contribution < 1.29 is 31.4 Å². The third-order valence-electron chi connectivity index (χ3n) is 6.37. The lowest BCUT2D eigenvalue weighted by Crippen LogP contribution is -2.27. The van der Waals surface area contributed by atoms with E-state index in [0.29, 0.717) is 25.9 Å². The van der Waals surface area contributed by atoms with Crippen LogP contribution in [0.15, 0.2) is 42.5 Å². The maximum absolute atomic E-state index is 15.0. The SMILES string of the molecule is CCCc1ccc(-c2ccc(-c3ccc(C4CCC(OCC)OC4)c(F)c3F)c(F)c2F)c(F)c1. The fourth-order valence-corrected chi connectivity index (χ4v) is 4.56. The second kappa shape index (κ2) is 10.9. The van der Waals surface area contributed by atoms with Gasteiger partial charge in [0.2, 0.25) is 0 Å². The molecule has 0 saturated carbocycles. The molecular formula is C28H27F5O2. The molecule has 0 bridgehead atoms. The Labute approximate surface area is 201 Å². The molecule has 2 nitrogen and oxygen atoms in total. The van der Waals surface area contributed by atoms with E-state index in [1.54, 1.807) is 6.07 Å². The third kappa shape index (κ3) is 5.11. The minimum Gasteiger partial charge on any atom is -0.353 e. The lowest BCUT2D eigenvalue weighted by Gasteiger charge is -2.29. The van der Waals surface area contributed by atoms with E-state index in [1.165, 1.54) is 30.3 Å². The van der Waals surface area contributed by atoms with E-state index in [9.17, 15) is 13.2 Å². The van der Waals surface area contributed by atoms with Crippen LogP contribution in [-0.4, -0.2) is 19.5 Å². The first kappa shape index (κ1) is 25.3. The molecule has 1 aliphatic rings. The molecule has 0 amide bonds. The molecule has 4 rings (SSSR count). The minimum absolute atomic E-state index is 0.0996. The van der Waals surface area contributed by atoms with E-state index in [4.69, 9.17) is 9.47 Å². The van der Waals surface area contributed by atoms with Crippen molar-refractivity contribution in [1.82, 2.24) is 0 Å². The van der Waals surface area contributed by atoms with Crippen molar-refractivity contribution in [2.75, 3.05) is 13.2 Å². The standard InChI is InChI=1S/C28H27F5O2/c1-3-5-16-6-8-19(23(29)14-16)20-11-12-22(28(33)26(20)31)21-10-9-18(25(30)27(21)32)17-7-13-24(34-4-2)35-15-17/h6,8-12,14,17,24H,3-5,7,13,15H2,1-2H3. The molecule has 3 aromatic carbocycles. The van der Waals surface area contributed by atoms with Crippen molar-refractivity contribution in [2.24, 2.45) is 0 Å². The Balaban J connectivity index is 1.64. The second-order valence-corrected chi connectivity index (χ2v) is 8.68. The monoisotopic (exact) mass is 490 g/mol. The highest BCUT2D eigenvalue weighted by molar-refractivity contribution is 5.73. The largest absolute Gasteiger partial charge is 0.353 e. The van der Waals surface area contributed by atoms with Gasteiger partial charge >= 0.3 is 0 Å². The minimum atomic E-state index is -1.37. The Morgan fingerprint density at radius 2 is 1.37 bits per heavy atom. The quantitative estimate of drug-likeness (QED) is 0.313. The molecule has 3 aromatic rings. The first-order valence-electron chi connectivity index (χ1n) is 11.8. The summed E-state index contributed by atoms with van der Waals surface area (Å²) in [6, 6.07) is 9.28. The van der Waals surface area contributed by atoms with Gasteiger partial charge in [-0.05, 0) is 43.4 Å². The Morgan fingerprint density at radius 3 is 1.94 bits per heavy atom. The van der Waals surface area contributed by atoms with Gasteiger partial charge in [0.15, 0.2) is 29.6 Å². The molecule has 0 aromatic heterocycles. The van der Waals surface area contributed by atoms with Gasteiger partial charge in [0.25, 0.3) is 0 Å². The summed E-state index contributed by atoms with van der Waals surface area (Å²) in [5.74, 6) is -6.13. The van der Waals surface area contributed by atoms with Crippen LogP contribution >= 0.6 is 0 Å². The van der Waals surface area contributed by atoms with Crippen molar-refractivity contribution in [3.05, 3.63) is 82.7 Å². The Bertz CT molecular complexity index is 1200. The van der Waals surface area contributed by atoms with E-state index in [0.717, 1.165) is 18.1 Å². The predicted octanol–water partition coefficient (Wildman–Crippen LogP) is 7.93. The molecule has 7 heteroatoms. The molecule has 35 heavy (non-hydrogen) atoms. The van der Waals surface area contributed by atoms with Gasteiger partial charge in [-0.25, -0.2) is 22.0 Å². The molecule has 0 spiro atoms. The van der Waals surface area contributed by atoms with Crippen molar-refractivity contribution in [3.63, 3.8) is 0 Å².